The van der Waals surface area contributed by atoms with E-state index in [4.69, 9.17) is 35.8 Å². The normalized spacial score (nSPS) is 13.3. The summed E-state index contributed by atoms with van der Waals surface area (Å²) in [5.41, 5.74) is 11.4. The second kappa shape index (κ2) is 19.7. The lowest BCUT2D eigenvalue weighted by Gasteiger charge is -2.08. The van der Waals surface area contributed by atoms with Gasteiger partial charge in [-0.2, -0.15) is 21.2 Å². The Kier molecular flexibility index (Phi) is 16.3. The summed E-state index contributed by atoms with van der Waals surface area (Å²) in [4.78, 5) is 3.72. The van der Waals surface area contributed by atoms with Crippen LogP contribution in [-0.4, -0.2) is 73.8 Å². The smallest absolute Gasteiger partial charge is 0.397 e. The first kappa shape index (κ1) is 43.1. The Morgan fingerprint density at radius 1 is 0.731 bits per heavy atom. The molecule has 0 aromatic heterocycles. The third-order valence-corrected chi connectivity index (χ3v) is 10.5. The number of benzene rings is 3. The third kappa shape index (κ3) is 13.9. The first-order valence-corrected chi connectivity index (χ1v) is 20.2. The number of hydrogen-bond acceptors (Lipinski definition) is 24. The van der Waals surface area contributed by atoms with Gasteiger partial charge in [-0.1, -0.05) is 10.1 Å². The van der Waals surface area contributed by atoms with Gasteiger partial charge in [0.05, 0.1) is 70.0 Å². The molecule has 1 atom stereocenters. The molecule has 3 rings (SSSR count). The van der Waals surface area contributed by atoms with Crippen molar-refractivity contribution in [3.05, 3.63) is 48.5 Å². The average Bonchev–Trinajstić information content (AvgIpc) is 3.05. The maximum absolute atomic E-state index is 12.6. The highest BCUT2D eigenvalue weighted by atomic mass is 32.3. The van der Waals surface area contributed by atoms with Crippen molar-refractivity contribution in [2.24, 2.45) is 20.5 Å². The molecule has 0 radical (unpaired) electrons. The molecule has 0 aliphatic heterocycles. The molecule has 3 aromatic rings. The monoisotopic (exact) mass is 852 g/mol. The van der Waals surface area contributed by atoms with Gasteiger partial charge in [-0.15, -0.1) is 29.1 Å². The van der Waals surface area contributed by atoms with Crippen LogP contribution in [0.1, 0.15) is 0 Å². The van der Waals surface area contributed by atoms with Crippen molar-refractivity contribution < 1.29 is 81.2 Å². The summed E-state index contributed by atoms with van der Waals surface area (Å²) in [7, 11) is -13.9. The number of nitrogens with two attached hydrogens (primary N) is 2. The van der Waals surface area contributed by atoms with Crippen molar-refractivity contribution in [1.82, 2.24) is 0 Å². The van der Waals surface area contributed by atoms with Gasteiger partial charge in [0.1, 0.15) is 27.6 Å². The highest BCUT2D eigenvalue weighted by Crippen LogP contribution is 2.39. The summed E-state index contributed by atoms with van der Waals surface area (Å²) in [6.07, 6.45) is 0. The number of sulfone groups is 1. The van der Waals surface area contributed by atoms with Crippen LogP contribution in [0, 0.1) is 0 Å². The zero-order valence-electron chi connectivity index (χ0n) is 25.3. The van der Waals surface area contributed by atoms with Crippen LogP contribution in [0.5, 0.6) is 0 Å². The second-order valence-corrected chi connectivity index (χ2v) is 16.3. The molecule has 1 unspecified atom stereocenters. The summed E-state index contributed by atoms with van der Waals surface area (Å²) in [6.45, 7) is -1.18. The number of nitrogens with zero attached hydrogens (tertiary/aromatic N) is 4. The number of anilines is 2. The van der Waals surface area contributed by atoms with E-state index in [2.05, 4.69) is 43.4 Å². The van der Waals surface area contributed by atoms with Gasteiger partial charge in [0.25, 0.3) is 10.1 Å². The van der Waals surface area contributed by atoms with E-state index in [1.54, 1.807) is 0 Å². The molecule has 8 N–H and O–H groups in total. The van der Waals surface area contributed by atoms with Crippen LogP contribution in [-0.2, 0) is 73.6 Å². The average molecular weight is 853 g/mol. The fourth-order valence-electron chi connectivity index (χ4n) is 3.36. The van der Waals surface area contributed by atoms with E-state index in [0.29, 0.717) is 24.1 Å². The van der Waals surface area contributed by atoms with E-state index >= 15 is 0 Å². The lowest BCUT2D eigenvalue weighted by molar-refractivity contribution is -0.435. The molecule has 30 heteroatoms. The Bertz CT molecular complexity index is 2140. The van der Waals surface area contributed by atoms with Crippen LogP contribution in [0.3, 0.4) is 0 Å². The van der Waals surface area contributed by atoms with Crippen LogP contribution in [0.15, 0.2) is 88.6 Å². The Hall–Kier alpha value is -3.28. The zero-order chi connectivity index (χ0) is 38.5. The molecule has 3 aromatic carbocycles. The third-order valence-electron chi connectivity index (χ3n) is 5.56. The zero-order valence-corrected chi connectivity index (χ0v) is 30.2. The number of hydrogen-bond donors (Lipinski definition) is 6. The first-order valence-electron chi connectivity index (χ1n) is 13.0. The Balaban J connectivity index is 1.84. The predicted molar refractivity (Wildman–Crippen MR) is 177 cm³/mol. The molecule has 0 bridgehead atoms. The molecule has 24 nitrogen and oxygen atoms in total. The van der Waals surface area contributed by atoms with Gasteiger partial charge in [-0.25, -0.2) is 32.2 Å². The molecule has 0 aliphatic carbocycles. The SMILES string of the molecule is Nc1cc(N)c(N=Nc2ccc(SOOCCS(=O)OOO)cc2S(=O)(=O)O)cc1N=Nc1ccc(S(=O)(=O)CCOS(=O)(=O)O)cc1SOOO. The fourth-order valence-corrected chi connectivity index (χ4v) is 6.97. The minimum Gasteiger partial charge on any atom is -0.397 e. The van der Waals surface area contributed by atoms with Gasteiger partial charge < -0.3 is 11.5 Å². The first-order chi connectivity index (χ1) is 24.4. The Labute approximate surface area is 304 Å². The Morgan fingerprint density at radius 3 is 1.98 bits per heavy atom. The maximum Gasteiger partial charge on any atom is 0.397 e. The van der Waals surface area contributed by atoms with E-state index in [0.717, 1.165) is 24.3 Å². The van der Waals surface area contributed by atoms with Gasteiger partial charge in [0, 0.05) is 4.90 Å². The summed E-state index contributed by atoms with van der Waals surface area (Å²) in [5.74, 6) is -1.11. The molecule has 0 spiro atoms. The van der Waals surface area contributed by atoms with Crippen molar-refractivity contribution in [3.8, 4) is 0 Å². The van der Waals surface area contributed by atoms with Crippen LogP contribution in [0.25, 0.3) is 0 Å². The highest BCUT2D eigenvalue weighted by molar-refractivity contribution is 7.95. The topological polar surface area (TPSA) is 367 Å². The van der Waals surface area contributed by atoms with Crippen molar-refractivity contribution in [2.75, 3.05) is 36.2 Å². The minimum absolute atomic E-state index is 0.0231. The van der Waals surface area contributed by atoms with Crippen molar-refractivity contribution >= 4 is 99.6 Å². The largest absolute Gasteiger partial charge is 0.397 e. The Morgan fingerprint density at radius 2 is 1.37 bits per heavy atom. The lowest BCUT2D eigenvalue weighted by atomic mass is 10.2. The molecular weight excluding hydrogens is 829 g/mol. The predicted octanol–water partition coefficient (Wildman–Crippen LogP) is 3.99. The number of rotatable bonds is 21. The van der Waals surface area contributed by atoms with Gasteiger partial charge in [-0.3, -0.25) is 9.11 Å². The van der Waals surface area contributed by atoms with Gasteiger partial charge in [0.15, 0.2) is 20.9 Å². The minimum atomic E-state index is -4.88. The van der Waals surface area contributed by atoms with E-state index in [1.165, 1.54) is 24.3 Å². The van der Waals surface area contributed by atoms with E-state index < -0.39 is 58.7 Å². The van der Waals surface area contributed by atoms with E-state index in [9.17, 15) is 34.0 Å². The summed E-state index contributed by atoms with van der Waals surface area (Å²) in [6, 6.07) is 9.18. The maximum atomic E-state index is 12.6. The van der Waals surface area contributed by atoms with Crippen LogP contribution in [0.2, 0.25) is 0 Å². The standard InChI is InChI=1S/C22H24N6O18S6/c23-15-11-16(24)20(28-26-18-3-1-13(9-22(18)51(34,35)36)47-44-40-5-7-49(31)46-43-30)12-19(15)27-25-17-4-2-14(10-21(17)48-45-42-29)50(32,33)8-6-41-52(37,38)39/h1-4,9-12,29-30H,5-8,23-24H2,(H,34,35,36)(H,37,38,39). The summed E-state index contributed by atoms with van der Waals surface area (Å²) < 4.78 is 118. The lowest BCUT2D eigenvalue weighted by Crippen LogP contribution is -2.15. The molecule has 0 amide bonds. The van der Waals surface area contributed by atoms with Crippen molar-refractivity contribution in [1.29, 1.82) is 0 Å². The van der Waals surface area contributed by atoms with Crippen LogP contribution in [0.4, 0.5) is 34.1 Å². The van der Waals surface area contributed by atoms with Gasteiger partial charge in [-0.05, 0) is 48.5 Å². The van der Waals surface area contributed by atoms with Crippen molar-refractivity contribution in [2.45, 2.75) is 19.6 Å². The van der Waals surface area contributed by atoms with Crippen molar-refractivity contribution in [3.63, 3.8) is 0 Å². The molecule has 0 heterocycles. The summed E-state index contributed by atoms with van der Waals surface area (Å²) in [5, 5.41) is 39.2. The number of azo groups is 2. The molecule has 286 valence electrons. The van der Waals surface area contributed by atoms with E-state index in [1.807, 2.05) is 0 Å². The quantitative estimate of drug-likeness (QED) is 0.0168. The van der Waals surface area contributed by atoms with Crippen LogP contribution >= 0.6 is 24.1 Å². The fraction of sp³-hybridized carbons (Fsp3) is 0.182. The highest BCUT2D eigenvalue weighted by Gasteiger charge is 2.20. The van der Waals surface area contributed by atoms with Crippen LogP contribution < -0.4 is 11.5 Å². The number of nitrogen functional groups attached to an aromatic ring is 2. The molecule has 0 aliphatic rings. The van der Waals surface area contributed by atoms with E-state index in [-0.39, 0.29) is 61.2 Å². The second-order valence-electron chi connectivity index (χ2n) is 9.02. The molecule has 0 fully saturated rings. The molecular formula is C22H24N6O18S6. The molecule has 0 saturated heterocycles. The summed E-state index contributed by atoms with van der Waals surface area (Å²) >= 11 is -1.20. The van der Waals surface area contributed by atoms with Gasteiger partial charge >= 0.3 is 10.4 Å². The molecule has 0 saturated carbocycles. The molecule has 52 heavy (non-hydrogen) atoms. The van der Waals surface area contributed by atoms with Gasteiger partial charge in [0.2, 0.25) is 0 Å².